The molecule has 1 aromatic heterocycles. The molecule has 0 spiro atoms. The molecule has 0 aliphatic heterocycles. The number of carbonyl (C=O) groups excluding carboxylic acids is 1. The summed E-state index contributed by atoms with van der Waals surface area (Å²) in [6, 6.07) is 6.47. The predicted molar refractivity (Wildman–Crippen MR) is 74.2 cm³/mol. The normalized spacial score (nSPS) is 10.6. The molecular weight excluding hydrogens is 280 g/mol. The first-order valence-electron chi connectivity index (χ1n) is 6.03. The van der Waals surface area contributed by atoms with Crippen molar-refractivity contribution in [2.75, 3.05) is 6.26 Å². The smallest absolute Gasteiger partial charge is 0.335 e. The Bertz CT molecular complexity index is 687. The lowest BCUT2D eigenvalue weighted by molar-refractivity contribution is 0.101. The van der Waals surface area contributed by atoms with Gasteiger partial charge in [-0.15, -0.1) is 5.10 Å². The zero-order chi connectivity index (χ0) is 15.3. The van der Waals surface area contributed by atoms with Gasteiger partial charge in [-0.1, -0.05) is 31.1 Å². The summed E-state index contributed by atoms with van der Waals surface area (Å²) >= 11 is 0. The van der Waals surface area contributed by atoms with Crippen molar-refractivity contribution in [1.82, 2.24) is 10.2 Å². The summed E-state index contributed by atoms with van der Waals surface area (Å²) in [6.45, 7) is 5.46. The first-order valence-corrected chi connectivity index (χ1v) is 7.92. The van der Waals surface area contributed by atoms with Crippen molar-refractivity contribution < 1.29 is 17.6 Å². The molecule has 2 rings (SSSR count). The number of rotatable bonds is 3. The highest BCUT2D eigenvalue weighted by Crippen LogP contribution is 2.20. The van der Waals surface area contributed by atoms with E-state index in [0.29, 0.717) is 11.1 Å². The van der Waals surface area contributed by atoms with Crippen LogP contribution in [-0.4, -0.2) is 30.7 Å². The maximum Gasteiger partial charge on any atom is 0.335 e. The zero-order valence-electron chi connectivity index (χ0n) is 11.7. The van der Waals surface area contributed by atoms with E-state index in [2.05, 4.69) is 10.2 Å². The van der Waals surface area contributed by atoms with Gasteiger partial charge in [-0.3, -0.25) is 4.79 Å². The molecule has 0 saturated heterocycles. The maximum atomic E-state index is 11.2. The Labute approximate surface area is 117 Å². The van der Waals surface area contributed by atoms with Gasteiger partial charge in [-0.05, 0) is 19.1 Å². The zero-order valence-corrected chi connectivity index (χ0v) is 12.6. The molecule has 0 fully saturated rings. The summed E-state index contributed by atoms with van der Waals surface area (Å²) in [4.78, 5) is 11.1. The van der Waals surface area contributed by atoms with Crippen molar-refractivity contribution >= 4 is 15.6 Å². The number of aromatic nitrogens is 2. The van der Waals surface area contributed by atoms with E-state index in [4.69, 9.17) is 4.42 Å². The molecule has 0 bridgehead atoms. The van der Waals surface area contributed by atoms with Crippen LogP contribution in [0.4, 0.5) is 0 Å². The van der Waals surface area contributed by atoms with Gasteiger partial charge in [0.2, 0.25) is 15.7 Å². The number of hydrogen-bond donors (Lipinski definition) is 0. The van der Waals surface area contributed by atoms with Gasteiger partial charge in [-0.25, -0.2) is 8.42 Å². The van der Waals surface area contributed by atoms with Crippen LogP contribution in [0.25, 0.3) is 11.5 Å². The molecule has 0 radical (unpaired) electrons. The van der Waals surface area contributed by atoms with Gasteiger partial charge in [0.25, 0.3) is 0 Å². The van der Waals surface area contributed by atoms with E-state index in [9.17, 15) is 13.2 Å². The monoisotopic (exact) mass is 296 g/mol. The topological polar surface area (TPSA) is 90.1 Å². The SMILES string of the molecule is CC.CC(=O)c1ccc(-c2nnc(S(C)(=O)=O)o2)cc1. The fourth-order valence-corrected chi connectivity index (χ4v) is 1.74. The van der Waals surface area contributed by atoms with Crippen LogP contribution in [0.15, 0.2) is 33.9 Å². The summed E-state index contributed by atoms with van der Waals surface area (Å²) in [5.74, 6) is 0.0504. The first-order chi connectivity index (χ1) is 9.38. The number of sulfone groups is 1. The van der Waals surface area contributed by atoms with Crippen molar-refractivity contribution in [1.29, 1.82) is 0 Å². The van der Waals surface area contributed by atoms with Gasteiger partial charge in [0, 0.05) is 17.4 Å². The standard InChI is InChI=1S/C11H10N2O4S.C2H6/c1-7(14)8-3-5-9(6-4-8)10-12-13-11(17-10)18(2,15)16;1-2/h3-6H,1-2H3;1-2H3. The molecule has 6 nitrogen and oxygen atoms in total. The minimum Gasteiger partial charge on any atom is -0.408 e. The Morgan fingerprint density at radius 1 is 1.10 bits per heavy atom. The fourth-order valence-electron chi connectivity index (χ4n) is 1.32. The van der Waals surface area contributed by atoms with Crippen LogP contribution in [0.2, 0.25) is 0 Å². The van der Waals surface area contributed by atoms with Crippen LogP contribution >= 0.6 is 0 Å². The van der Waals surface area contributed by atoms with Crippen LogP contribution in [0, 0.1) is 0 Å². The summed E-state index contributed by atoms with van der Waals surface area (Å²) in [5.41, 5.74) is 1.11. The first kappa shape index (κ1) is 16.0. The molecule has 108 valence electrons. The van der Waals surface area contributed by atoms with E-state index in [0.717, 1.165) is 6.26 Å². The number of ketones is 1. The minimum absolute atomic E-state index is 0.0519. The van der Waals surface area contributed by atoms with Crippen LogP contribution < -0.4 is 0 Å². The van der Waals surface area contributed by atoms with Crippen molar-refractivity contribution in [3.8, 4) is 11.5 Å². The molecule has 0 amide bonds. The van der Waals surface area contributed by atoms with Gasteiger partial charge in [0.05, 0.1) is 0 Å². The number of carbonyl (C=O) groups is 1. The van der Waals surface area contributed by atoms with E-state index in [1.54, 1.807) is 24.3 Å². The van der Waals surface area contributed by atoms with Gasteiger partial charge in [0.1, 0.15) is 0 Å². The molecule has 2 aromatic rings. The lowest BCUT2D eigenvalue weighted by Crippen LogP contribution is -1.96. The molecule has 20 heavy (non-hydrogen) atoms. The maximum absolute atomic E-state index is 11.2. The Morgan fingerprint density at radius 2 is 1.65 bits per heavy atom. The Hall–Kier alpha value is -2.02. The summed E-state index contributed by atoms with van der Waals surface area (Å²) in [5, 5.41) is 6.67. The summed E-state index contributed by atoms with van der Waals surface area (Å²) in [6.07, 6.45) is 0.989. The molecule has 7 heteroatoms. The Kier molecular flexibility index (Phi) is 5.15. The number of Topliss-reactive ketones (excluding diaryl/α,β-unsaturated/α-hetero) is 1. The Morgan fingerprint density at radius 3 is 2.05 bits per heavy atom. The second kappa shape index (κ2) is 6.42. The highest BCUT2D eigenvalue weighted by molar-refractivity contribution is 7.90. The highest BCUT2D eigenvalue weighted by Gasteiger charge is 2.17. The van der Waals surface area contributed by atoms with Gasteiger partial charge in [0.15, 0.2) is 5.78 Å². The van der Waals surface area contributed by atoms with Gasteiger partial charge < -0.3 is 4.42 Å². The minimum atomic E-state index is -3.51. The molecular formula is C13H16N2O4S. The Balaban J connectivity index is 0.000000956. The summed E-state index contributed by atoms with van der Waals surface area (Å²) < 4.78 is 27.4. The van der Waals surface area contributed by atoms with Crippen molar-refractivity contribution in [2.45, 2.75) is 26.0 Å². The van der Waals surface area contributed by atoms with Crippen molar-refractivity contribution in [3.63, 3.8) is 0 Å². The molecule has 0 N–H and O–H groups in total. The number of hydrogen-bond acceptors (Lipinski definition) is 6. The predicted octanol–water partition coefficient (Wildman–Crippen LogP) is 2.37. The molecule has 1 heterocycles. The van der Waals surface area contributed by atoms with Crippen molar-refractivity contribution in [3.05, 3.63) is 29.8 Å². The van der Waals surface area contributed by atoms with Crippen LogP contribution in [0.5, 0.6) is 0 Å². The van der Waals surface area contributed by atoms with E-state index in [1.165, 1.54) is 6.92 Å². The van der Waals surface area contributed by atoms with Crippen LogP contribution in [0.3, 0.4) is 0 Å². The molecule has 0 unspecified atom stereocenters. The van der Waals surface area contributed by atoms with Gasteiger partial charge in [-0.2, -0.15) is 0 Å². The van der Waals surface area contributed by atoms with E-state index < -0.39 is 15.1 Å². The molecule has 0 aliphatic carbocycles. The lowest BCUT2D eigenvalue weighted by atomic mass is 10.1. The quantitative estimate of drug-likeness (QED) is 0.808. The third kappa shape index (κ3) is 3.74. The molecule has 1 aromatic carbocycles. The fraction of sp³-hybridized carbons (Fsp3) is 0.308. The second-order valence-corrected chi connectivity index (χ2v) is 5.67. The van der Waals surface area contributed by atoms with Crippen molar-refractivity contribution in [2.24, 2.45) is 0 Å². The van der Waals surface area contributed by atoms with Crippen LogP contribution in [0.1, 0.15) is 31.1 Å². The van der Waals surface area contributed by atoms with E-state index in [1.807, 2.05) is 13.8 Å². The number of benzene rings is 1. The summed E-state index contributed by atoms with van der Waals surface area (Å²) in [7, 11) is -3.51. The number of nitrogens with zero attached hydrogens (tertiary/aromatic N) is 2. The molecule has 0 aliphatic rings. The molecule has 0 saturated carbocycles. The third-order valence-corrected chi connectivity index (χ3v) is 3.06. The van der Waals surface area contributed by atoms with Crippen LogP contribution in [-0.2, 0) is 9.84 Å². The third-order valence-electron chi connectivity index (χ3n) is 2.26. The molecule has 0 atom stereocenters. The average molecular weight is 296 g/mol. The highest BCUT2D eigenvalue weighted by atomic mass is 32.2. The largest absolute Gasteiger partial charge is 0.408 e. The van der Waals surface area contributed by atoms with E-state index in [-0.39, 0.29) is 11.7 Å². The lowest BCUT2D eigenvalue weighted by Gasteiger charge is -1.96. The van der Waals surface area contributed by atoms with Gasteiger partial charge >= 0.3 is 5.22 Å². The van der Waals surface area contributed by atoms with E-state index >= 15 is 0 Å². The second-order valence-electron chi connectivity index (χ2n) is 3.78. The average Bonchev–Trinajstić information content (AvgIpc) is 2.91.